The summed E-state index contributed by atoms with van der Waals surface area (Å²) in [5.74, 6) is 1.22. The molecule has 1 amide bonds. The monoisotopic (exact) mass is 288 g/mol. The van der Waals surface area contributed by atoms with Crippen molar-refractivity contribution in [3.05, 3.63) is 29.8 Å². The van der Waals surface area contributed by atoms with Crippen molar-refractivity contribution >= 4 is 11.6 Å². The summed E-state index contributed by atoms with van der Waals surface area (Å²) in [7, 11) is 0. The van der Waals surface area contributed by atoms with Crippen molar-refractivity contribution in [1.82, 2.24) is 5.32 Å². The molecule has 1 aliphatic rings. The predicted octanol–water partition coefficient (Wildman–Crippen LogP) is 3.85. The number of nitrogen functional groups attached to an aromatic ring is 1. The van der Waals surface area contributed by atoms with Crippen LogP contribution in [-0.2, 0) is 4.79 Å². The number of hydrogen-bond donors (Lipinski definition) is 2. The Hall–Kier alpha value is -1.51. The molecule has 1 fully saturated rings. The van der Waals surface area contributed by atoms with Crippen LogP contribution in [0.15, 0.2) is 24.3 Å². The second-order valence-corrected chi connectivity index (χ2v) is 6.65. The van der Waals surface area contributed by atoms with Gasteiger partial charge < -0.3 is 11.1 Å². The van der Waals surface area contributed by atoms with Gasteiger partial charge in [0.15, 0.2) is 0 Å². The van der Waals surface area contributed by atoms with Gasteiger partial charge in [-0.2, -0.15) is 0 Å². The molecule has 21 heavy (non-hydrogen) atoms. The topological polar surface area (TPSA) is 55.1 Å². The first-order chi connectivity index (χ1) is 10.0. The Morgan fingerprint density at radius 2 is 1.95 bits per heavy atom. The summed E-state index contributed by atoms with van der Waals surface area (Å²) < 4.78 is 0. The fourth-order valence-electron chi connectivity index (χ4n) is 3.14. The van der Waals surface area contributed by atoms with Crippen molar-refractivity contribution in [3.63, 3.8) is 0 Å². The molecule has 1 aromatic rings. The minimum atomic E-state index is 0.180. The van der Waals surface area contributed by atoms with Crippen molar-refractivity contribution in [3.8, 4) is 0 Å². The minimum absolute atomic E-state index is 0.180. The van der Waals surface area contributed by atoms with E-state index in [0.29, 0.717) is 12.5 Å². The lowest BCUT2D eigenvalue weighted by Gasteiger charge is -2.18. The Labute approximate surface area is 128 Å². The summed E-state index contributed by atoms with van der Waals surface area (Å²) in [6.45, 7) is 4.41. The zero-order chi connectivity index (χ0) is 15.2. The molecule has 3 heteroatoms. The number of amides is 1. The van der Waals surface area contributed by atoms with Gasteiger partial charge in [0.2, 0.25) is 5.91 Å². The smallest absolute Gasteiger partial charge is 0.220 e. The lowest BCUT2D eigenvalue weighted by Crippen LogP contribution is -2.35. The van der Waals surface area contributed by atoms with E-state index in [-0.39, 0.29) is 11.8 Å². The quantitative estimate of drug-likeness (QED) is 0.653. The summed E-state index contributed by atoms with van der Waals surface area (Å²) in [5.41, 5.74) is 7.64. The molecular formula is C18H28N2O. The fraction of sp³-hybridized carbons (Fsp3) is 0.611. The first-order valence-electron chi connectivity index (χ1n) is 8.19. The SMILES string of the molecule is CC1CCCC(NC(=O)CC(C)c2ccc(N)cc2)CC1. The summed E-state index contributed by atoms with van der Waals surface area (Å²) in [6.07, 6.45) is 6.58. The third-order valence-corrected chi connectivity index (χ3v) is 4.62. The maximum absolute atomic E-state index is 12.2. The highest BCUT2D eigenvalue weighted by Gasteiger charge is 2.19. The Balaban J connectivity index is 1.82. The van der Waals surface area contributed by atoms with Gasteiger partial charge >= 0.3 is 0 Å². The molecule has 3 N–H and O–H groups in total. The van der Waals surface area contributed by atoms with Gasteiger partial charge in [-0.1, -0.05) is 38.8 Å². The number of nitrogens with one attached hydrogen (secondary N) is 1. The normalized spacial score (nSPS) is 24.1. The van der Waals surface area contributed by atoms with Crippen LogP contribution in [0.25, 0.3) is 0 Å². The molecule has 1 aliphatic carbocycles. The molecule has 116 valence electrons. The van der Waals surface area contributed by atoms with Crippen molar-refractivity contribution in [2.45, 2.75) is 64.3 Å². The predicted molar refractivity (Wildman–Crippen MR) is 88.1 cm³/mol. The molecule has 1 saturated carbocycles. The third-order valence-electron chi connectivity index (χ3n) is 4.62. The number of nitrogens with two attached hydrogens (primary N) is 1. The molecule has 0 bridgehead atoms. The van der Waals surface area contributed by atoms with Gasteiger partial charge in [0.25, 0.3) is 0 Å². The van der Waals surface area contributed by atoms with E-state index >= 15 is 0 Å². The fourth-order valence-corrected chi connectivity index (χ4v) is 3.14. The minimum Gasteiger partial charge on any atom is -0.399 e. The maximum Gasteiger partial charge on any atom is 0.220 e. The number of anilines is 1. The molecule has 3 unspecified atom stereocenters. The largest absolute Gasteiger partial charge is 0.399 e. The molecular weight excluding hydrogens is 260 g/mol. The van der Waals surface area contributed by atoms with Crippen LogP contribution in [0.5, 0.6) is 0 Å². The zero-order valence-electron chi connectivity index (χ0n) is 13.3. The van der Waals surface area contributed by atoms with E-state index in [1.807, 2.05) is 24.3 Å². The van der Waals surface area contributed by atoms with E-state index < -0.39 is 0 Å². The maximum atomic E-state index is 12.2. The van der Waals surface area contributed by atoms with Crippen LogP contribution >= 0.6 is 0 Å². The Morgan fingerprint density at radius 3 is 2.67 bits per heavy atom. The van der Waals surface area contributed by atoms with Gasteiger partial charge in [-0.3, -0.25) is 4.79 Å². The number of benzene rings is 1. The molecule has 3 atom stereocenters. The van der Waals surface area contributed by atoms with Gasteiger partial charge in [-0.05, 0) is 48.8 Å². The van der Waals surface area contributed by atoms with E-state index in [1.165, 1.54) is 24.8 Å². The summed E-state index contributed by atoms with van der Waals surface area (Å²) in [5, 5.41) is 3.23. The van der Waals surface area contributed by atoms with Crippen LogP contribution in [0, 0.1) is 5.92 Å². The van der Waals surface area contributed by atoms with Crippen LogP contribution in [0.3, 0.4) is 0 Å². The standard InChI is InChI=1S/C18H28N2O/c1-13-4-3-5-17(11-6-13)20-18(21)12-14(2)15-7-9-16(19)10-8-15/h7-10,13-14,17H,3-6,11-12,19H2,1-2H3,(H,20,21). The van der Waals surface area contributed by atoms with E-state index in [0.717, 1.165) is 24.4 Å². The van der Waals surface area contributed by atoms with Gasteiger partial charge in [-0.25, -0.2) is 0 Å². The number of rotatable bonds is 4. The van der Waals surface area contributed by atoms with E-state index in [9.17, 15) is 4.79 Å². The van der Waals surface area contributed by atoms with Crippen LogP contribution in [0.2, 0.25) is 0 Å². The highest BCUT2D eigenvalue weighted by Crippen LogP contribution is 2.24. The number of carbonyl (C=O) groups excluding carboxylic acids is 1. The van der Waals surface area contributed by atoms with E-state index in [1.54, 1.807) is 0 Å². The molecule has 0 spiro atoms. The Kier molecular flexibility index (Phi) is 5.66. The molecule has 2 rings (SSSR count). The molecule has 0 saturated heterocycles. The van der Waals surface area contributed by atoms with Crippen molar-refractivity contribution < 1.29 is 4.79 Å². The molecule has 1 aromatic carbocycles. The van der Waals surface area contributed by atoms with Gasteiger partial charge in [-0.15, -0.1) is 0 Å². The summed E-state index contributed by atoms with van der Waals surface area (Å²) in [4.78, 5) is 12.2. The lowest BCUT2D eigenvalue weighted by molar-refractivity contribution is -0.122. The van der Waals surface area contributed by atoms with Crippen LogP contribution in [0.1, 0.15) is 63.9 Å². The van der Waals surface area contributed by atoms with Gasteiger partial charge in [0.05, 0.1) is 0 Å². The molecule has 0 heterocycles. The molecule has 0 aliphatic heterocycles. The first-order valence-corrected chi connectivity index (χ1v) is 8.19. The third kappa shape index (κ3) is 5.07. The van der Waals surface area contributed by atoms with Crippen LogP contribution in [-0.4, -0.2) is 11.9 Å². The second-order valence-electron chi connectivity index (χ2n) is 6.65. The van der Waals surface area contributed by atoms with Gasteiger partial charge in [0.1, 0.15) is 0 Å². The lowest BCUT2D eigenvalue weighted by atomic mass is 9.97. The average Bonchev–Trinajstić information content (AvgIpc) is 2.64. The highest BCUT2D eigenvalue weighted by atomic mass is 16.1. The second kappa shape index (κ2) is 7.48. The Bertz CT molecular complexity index is 455. The van der Waals surface area contributed by atoms with Crippen molar-refractivity contribution in [2.75, 3.05) is 5.73 Å². The van der Waals surface area contributed by atoms with Crippen molar-refractivity contribution in [2.24, 2.45) is 5.92 Å². The first kappa shape index (κ1) is 15.9. The van der Waals surface area contributed by atoms with Crippen LogP contribution < -0.4 is 11.1 Å². The van der Waals surface area contributed by atoms with E-state index in [2.05, 4.69) is 19.2 Å². The molecule has 0 aromatic heterocycles. The number of hydrogen-bond acceptors (Lipinski definition) is 2. The summed E-state index contributed by atoms with van der Waals surface area (Å²) in [6, 6.07) is 8.20. The molecule has 3 nitrogen and oxygen atoms in total. The Morgan fingerprint density at radius 1 is 1.24 bits per heavy atom. The summed E-state index contributed by atoms with van der Waals surface area (Å²) >= 11 is 0. The average molecular weight is 288 g/mol. The number of carbonyl (C=O) groups is 1. The van der Waals surface area contributed by atoms with Crippen molar-refractivity contribution in [1.29, 1.82) is 0 Å². The molecule has 0 radical (unpaired) electrons. The van der Waals surface area contributed by atoms with E-state index in [4.69, 9.17) is 5.73 Å². The highest BCUT2D eigenvalue weighted by molar-refractivity contribution is 5.77. The zero-order valence-corrected chi connectivity index (χ0v) is 13.3. The van der Waals surface area contributed by atoms with Gasteiger partial charge in [0, 0.05) is 18.2 Å². The van der Waals surface area contributed by atoms with Crippen LogP contribution in [0.4, 0.5) is 5.69 Å².